The molecule has 20 heavy (non-hydrogen) atoms. The molecule has 6 heteroatoms. The Morgan fingerprint density at radius 2 is 2.30 bits per heavy atom. The molecule has 0 spiro atoms. The molecular formula is C14H15N5O. The quantitative estimate of drug-likeness (QED) is 0.785. The number of pyridine rings is 1. The van der Waals surface area contributed by atoms with E-state index in [4.69, 9.17) is 5.73 Å². The van der Waals surface area contributed by atoms with Gasteiger partial charge in [0.05, 0.1) is 17.9 Å². The van der Waals surface area contributed by atoms with E-state index in [0.29, 0.717) is 17.9 Å². The summed E-state index contributed by atoms with van der Waals surface area (Å²) in [6, 6.07) is 3.36. The second-order valence-corrected chi connectivity index (χ2v) is 4.19. The van der Waals surface area contributed by atoms with E-state index in [2.05, 4.69) is 27.2 Å². The molecule has 2 heterocycles. The number of nitrogens with two attached hydrogens (primary N) is 1. The summed E-state index contributed by atoms with van der Waals surface area (Å²) in [6.07, 6.45) is 3.29. The molecule has 1 amide bonds. The first-order valence-corrected chi connectivity index (χ1v) is 6.06. The first-order chi connectivity index (χ1) is 9.60. The highest BCUT2D eigenvalue weighted by molar-refractivity contribution is 6.03. The molecule has 3 N–H and O–H groups in total. The van der Waals surface area contributed by atoms with Crippen molar-refractivity contribution in [2.45, 2.75) is 6.92 Å². The summed E-state index contributed by atoms with van der Waals surface area (Å²) in [5.41, 5.74) is 7.77. The number of rotatable bonds is 2. The third kappa shape index (κ3) is 3.22. The summed E-state index contributed by atoms with van der Waals surface area (Å²) < 4.78 is 1.64. The lowest BCUT2D eigenvalue weighted by molar-refractivity contribution is 0.102. The average Bonchev–Trinajstić information content (AvgIpc) is 2.75. The molecule has 0 saturated heterocycles. The van der Waals surface area contributed by atoms with E-state index in [0.717, 1.165) is 11.3 Å². The Hall–Kier alpha value is -2.65. The van der Waals surface area contributed by atoms with Crippen molar-refractivity contribution >= 4 is 11.6 Å². The van der Waals surface area contributed by atoms with E-state index < -0.39 is 0 Å². The molecule has 0 aliphatic carbocycles. The number of aromatic nitrogens is 3. The summed E-state index contributed by atoms with van der Waals surface area (Å²) in [7, 11) is 1.80. The van der Waals surface area contributed by atoms with Crippen molar-refractivity contribution in [2.75, 3.05) is 11.9 Å². The van der Waals surface area contributed by atoms with Crippen LogP contribution in [0.4, 0.5) is 5.69 Å². The Balaban J connectivity index is 2.11. The monoisotopic (exact) mass is 269 g/mol. The largest absolute Gasteiger partial charge is 0.320 e. The van der Waals surface area contributed by atoms with Crippen molar-refractivity contribution in [3.05, 3.63) is 41.5 Å². The van der Waals surface area contributed by atoms with Gasteiger partial charge in [0, 0.05) is 25.0 Å². The van der Waals surface area contributed by atoms with Gasteiger partial charge in [0.2, 0.25) is 0 Å². The van der Waals surface area contributed by atoms with E-state index in [1.165, 1.54) is 0 Å². The zero-order valence-electron chi connectivity index (χ0n) is 11.3. The lowest BCUT2D eigenvalue weighted by Crippen LogP contribution is -2.13. The van der Waals surface area contributed by atoms with Crippen LogP contribution in [0.25, 0.3) is 0 Å². The fourth-order valence-electron chi connectivity index (χ4n) is 1.66. The van der Waals surface area contributed by atoms with E-state index >= 15 is 0 Å². The molecule has 0 aliphatic heterocycles. The number of carbonyl (C=O) groups excluding carboxylic acids is 1. The fourth-order valence-corrected chi connectivity index (χ4v) is 1.66. The minimum absolute atomic E-state index is 0.278. The molecule has 0 unspecified atom stereocenters. The normalized spacial score (nSPS) is 9.75. The molecule has 6 nitrogen and oxygen atoms in total. The Bertz CT molecular complexity index is 676. The third-order valence-corrected chi connectivity index (χ3v) is 2.59. The topological polar surface area (TPSA) is 85.8 Å². The van der Waals surface area contributed by atoms with Crippen molar-refractivity contribution in [3.63, 3.8) is 0 Å². The zero-order chi connectivity index (χ0) is 14.5. The molecule has 0 atom stereocenters. The van der Waals surface area contributed by atoms with Crippen LogP contribution in [-0.4, -0.2) is 27.2 Å². The average molecular weight is 269 g/mol. The lowest BCUT2D eigenvalue weighted by atomic mass is 10.2. The molecule has 2 rings (SSSR count). The number of nitrogens with zero attached hydrogens (tertiary/aromatic N) is 3. The molecule has 0 fully saturated rings. The first kappa shape index (κ1) is 13.8. The smallest absolute Gasteiger partial charge is 0.274 e. The predicted octanol–water partition coefficient (Wildman–Crippen LogP) is 0.686. The van der Waals surface area contributed by atoms with Gasteiger partial charge in [-0.05, 0) is 19.1 Å². The standard InChI is InChI=1S/C14H15N5O/c1-10-13(9-19(2)18-10)17-14(20)12-6-5-11(8-16-12)4-3-7-15/h5-6,8-9H,7,15H2,1-2H3,(H,17,20). The third-order valence-electron chi connectivity index (χ3n) is 2.59. The van der Waals surface area contributed by atoms with Gasteiger partial charge in [-0.15, -0.1) is 0 Å². The van der Waals surface area contributed by atoms with Crippen molar-refractivity contribution in [1.82, 2.24) is 14.8 Å². The molecule has 0 aliphatic rings. The summed E-state index contributed by atoms with van der Waals surface area (Å²) in [4.78, 5) is 16.1. The lowest BCUT2D eigenvalue weighted by Gasteiger charge is -2.02. The van der Waals surface area contributed by atoms with Gasteiger partial charge in [0.15, 0.2) is 0 Å². The van der Waals surface area contributed by atoms with Gasteiger partial charge in [-0.2, -0.15) is 5.10 Å². The summed E-state index contributed by atoms with van der Waals surface area (Å²) >= 11 is 0. The van der Waals surface area contributed by atoms with Crippen molar-refractivity contribution < 1.29 is 4.79 Å². The summed E-state index contributed by atoms with van der Waals surface area (Å²) in [6.45, 7) is 2.12. The van der Waals surface area contributed by atoms with Crippen molar-refractivity contribution in [1.29, 1.82) is 0 Å². The SMILES string of the molecule is Cc1nn(C)cc1NC(=O)c1ccc(C#CCN)cn1. The van der Waals surface area contributed by atoms with Gasteiger partial charge in [-0.1, -0.05) is 11.8 Å². The number of carbonyl (C=O) groups is 1. The van der Waals surface area contributed by atoms with Crippen LogP contribution in [0.2, 0.25) is 0 Å². The minimum atomic E-state index is -0.278. The maximum absolute atomic E-state index is 12.0. The van der Waals surface area contributed by atoms with E-state index in [1.54, 1.807) is 36.3 Å². The Kier molecular flexibility index (Phi) is 4.13. The van der Waals surface area contributed by atoms with Crippen LogP contribution in [-0.2, 0) is 7.05 Å². The highest BCUT2D eigenvalue weighted by Crippen LogP contribution is 2.12. The van der Waals surface area contributed by atoms with Gasteiger partial charge in [0.25, 0.3) is 5.91 Å². The molecule has 0 radical (unpaired) electrons. The molecule has 0 bridgehead atoms. The highest BCUT2D eigenvalue weighted by Gasteiger charge is 2.10. The second kappa shape index (κ2) is 5.99. The Morgan fingerprint density at radius 3 is 2.85 bits per heavy atom. The molecule has 0 saturated carbocycles. The van der Waals surface area contributed by atoms with Crippen LogP contribution in [0.1, 0.15) is 21.7 Å². The summed E-state index contributed by atoms with van der Waals surface area (Å²) in [5, 5.41) is 6.93. The maximum Gasteiger partial charge on any atom is 0.274 e. The number of aryl methyl sites for hydroxylation is 2. The minimum Gasteiger partial charge on any atom is -0.320 e. The molecule has 102 valence electrons. The number of nitrogens with one attached hydrogen (secondary N) is 1. The van der Waals surface area contributed by atoms with Crippen LogP contribution in [0, 0.1) is 18.8 Å². The Morgan fingerprint density at radius 1 is 1.50 bits per heavy atom. The van der Waals surface area contributed by atoms with Crippen LogP contribution < -0.4 is 11.1 Å². The van der Waals surface area contributed by atoms with Crippen LogP contribution in [0.15, 0.2) is 24.5 Å². The number of anilines is 1. The number of amides is 1. The Labute approximate surface area is 117 Å². The molecular weight excluding hydrogens is 254 g/mol. The molecule has 2 aromatic heterocycles. The van der Waals surface area contributed by atoms with Crippen molar-refractivity contribution in [2.24, 2.45) is 12.8 Å². The second-order valence-electron chi connectivity index (χ2n) is 4.19. The first-order valence-electron chi connectivity index (χ1n) is 6.06. The van der Waals surface area contributed by atoms with E-state index in [1.807, 2.05) is 6.92 Å². The maximum atomic E-state index is 12.0. The van der Waals surface area contributed by atoms with Crippen LogP contribution >= 0.6 is 0 Å². The fraction of sp³-hybridized carbons (Fsp3) is 0.214. The van der Waals surface area contributed by atoms with Gasteiger partial charge in [-0.3, -0.25) is 9.48 Å². The van der Waals surface area contributed by atoms with Crippen molar-refractivity contribution in [3.8, 4) is 11.8 Å². The zero-order valence-corrected chi connectivity index (χ0v) is 11.3. The predicted molar refractivity (Wildman–Crippen MR) is 76.1 cm³/mol. The highest BCUT2D eigenvalue weighted by atomic mass is 16.1. The van der Waals surface area contributed by atoms with E-state index in [9.17, 15) is 4.79 Å². The number of hydrogen-bond donors (Lipinski definition) is 2. The molecule has 0 aromatic carbocycles. The number of hydrogen-bond acceptors (Lipinski definition) is 4. The van der Waals surface area contributed by atoms with Gasteiger partial charge < -0.3 is 11.1 Å². The van der Waals surface area contributed by atoms with Gasteiger partial charge in [0.1, 0.15) is 5.69 Å². The van der Waals surface area contributed by atoms with Crippen LogP contribution in [0.3, 0.4) is 0 Å². The summed E-state index contributed by atoms with van der Waals surface area (Å²) in [5.74, 6) is 5.30. The van der Waals surface area contributed by atoms with Crippen LogP contribution in [0.5, 0.6) is 0 Å². The molecule has 2 aromatic rings. The van der Waals surface area contributed by atoms with E-state index in [-0.39, 0.29) is 5.91 Å². The van der Waals surface area contributed by atoms with Gasteiger partial charge in [-0.25, -0.2) is 4.98 Å². The van der Waals surface area contributed by atoms with Gasteiger partial charge >= 0.3 is 0 Å².